The molecule has 1 rings (SSSR count). The Balaban J connectivity index is 2.14. The first-order chi connectivity index (χ1) is 3.43. The molecule has 0 bridgehead atoms. The first-order valence-electron chi connectivity index (χ1n) is 3.16. The van der Waals surface area contributed by atoms with Crippen LogP contribution >= 0.6 is 0 Å². The zero-order valence-corrected chi connectivity index (χ0v) is 6.40. The normalized spacial score (nSPS) is 27.0. The van der Waals surface area contributed by atoms with Gasteiger partial charge < -0.3 is 4.57 Å². The van der Waals surface area contributed by atoms with E-state index >= 15 is 0 Å². The number of nitrogens with zero attached hydrogens (tertiary/aromatic N) is 1. The van der Waals surface area contributed by atoms with E-state index in [0.29, 0.717) is 9.68 Å². The molecule has 7 heavy (non-hydrogen) atoms. The lowest BCUT2D eigenvalue weighted by molar-refractivity contribution is 0.502. The second-order valence-corrected chi connectivity index (χ2v) is 4.19. The highest BCUT2D eigenvalue weighted by atomic mass is 28.2. The summed E-state index contributed by atoms with van der Waals surface area (Å²) in [5.41, 5.74) is 0. The molecule has 1 nitrogen and oxygen atoms in total. The number of hydrogen-bond acceptors (Lipinski definition) is 1. The lowest BCUT2D eigenvalue weighted by Crippen LogP contribution is -2.20. The predicted molar refractivity (Wildman–Crippen MR) is 35.2 cm³/mol. The average molecular weight is 115 g/mol. The van der Waals surface area contributed by atoms with Crippen LogP contribution in [0.5, 0.6) is 0 Å². The van der Waals surface area contributed by atoms with Crippen molar-refractivity contribution in [1.29, 1.82) is 0 Å². The Morgan fingerprint density at radius 2 is 2.57 bits per heavy atom. The third kappa shape index (κ3) is 1.28. The van der Waals surface area contributed by atoms with Crippen LogP contribution < -0.4 is 0 Å². The molecule has 0 aromatic rings. The van der Waals surface area contributed by atoms with E-state index in [4.69, 9.17) is 0 Å². The van der Waals surface area contributed by atoms with E-state index in [9.17, 15) is 0 Å². The van der Waals surface area contributed by atoms with Gasteiger partial charge in [-0.15, -0.1) is 0 Å². The molecule has 0 amide bonds. The van der Waals surface area contributed by atoms with Crippen molar-refractivity contribution in [3.63, 3.8) is 0 Å². The van der Waals surface area contributed by atoms with Crippen LogP contribution in [0.2, 0.25) is 6.04 Å². The van der Waals surface area contributed by atoms with Gasteiger partial charge >= 0.3 is 0 Å². The Bertz CT molecular complexity index is 50.0. The first-order valence-corrected chi connectivity index (χ1v) is 4.79. The first kappa shape index (κ1) is 5.32. The molecule has 1 aliphatic rings. The highest BCUT2D eigenvalue weighted by Gasteiger charge is 2.07. The Labute approximate surface area is 47.6 Å². The standard InChI is InChI=1S/C5H13NSi/c1-2-6-4-3-5-7-6/h2-5,7H2,1H3. The SMILES string of the molecule is CCN1CCC[SiH2]1. The molecule has 0 saturated carbocycles. The summed E-state index contributed by atoms with van der Waals surface area (Å²) in [5.74, 6) is 0. The molecule has 0 N–H and O–H groups in total. The van der Waals surface area contributed by atoms with Crippen molar-refractivity contribution < 1.29 is 0 Å². The number of hydrogen-bond donors (Lipinski definition) is 0. The molecule has 1 fully saturated rings. The predicted octanol–water partition coefficient (Wildman–Crippen LogP) is 0.214. The van der Waals surface area contributed by atoms with E-state index in [2.05, 4.69) is 11.5 Å². The summed E-state index contributed by atoms with van der Waals surface area (Å²) in [6.45, 7) is 4.98. The molecule has 0 spiro atoms. The molecule has 1 heterocycles. The summed E-state index contributed by atoms with van der Waals surface area (Å²) in [7, 11) is 0.291. The summed E-state index contributed by atoms with van der Waals surface area (Å²) in [5, 5.41) is 0. The van der Waals surface area contributed by atoms with Gasteiger partial charge in [0.05, 0.1) is 9.68 Å². The molecule has 2 heteroatoms. The molecular formula is C5H13NSi. The smallest absolute Gasteiger partial charge is 0.0950 e. The van der Waals surface area contributed by atoms with Crippen molar-refractivity contribution in [3.05, 3.63) is 0 Å². The second-order valence-electron chi connectivity index (χ2n) is 2.14. The molecule has 0 aromatic heterocycles. The third-order valence-corrected chi connectivity index (χ3v) is 3.86. The van der Waals surface area contributed by atoms with Gasteiger partial charge in [-0.3, -0.25) is 0 Å². The zero-order valence-electron chi connectivity index (χ0n) is 4.98. The van der Waals surface area contributed by atoms with Crippen LogP contribution in [0.4, 0.5) is 0 Å². The van der Waals surface area contributed by atoms with Crippen molar-refractivity contribution in [2.24, 2.45) is 0 Å². The van der Waals surface area contributed by atoms with Gasteiger partial charge in [0.25, 0.3) is 0 Å². The Morgan fingerprint density at radius 1 is 1.71 bits per heavy atom. The molecule has 1 aliphatic heterocycles. The van der Waals surface area contributed by atoms with Crippen molar-refractivity contribution in [2.75, 3.05) is 13.1 Å². The summed E-state index contributed by atoms with van der Waals surface area (Å²) < 4.78 is 2.62. The van der Waals surface area contributed by atoms with Crippen LogP contribution in [0.15, 0.2) is 0 Å². The van der Waals surface area contributed by atoms with Crippen LogP contribution in [-0.2, 0) is 0 Å². The fourth-order valence-corrected chi connectivity index (χ4v) is 2.76. The molecule has 42 valence electrons. The molecule has 0 unspecified atom stereocenters. The molecule has 0 atom stereocenters. The van der Waals surface area contributed by atoms with Crippen LogP contribution in [0.25, 0.3) is 0 Å². The van der Waals surface area contributed by atoms with Gasteiger partial charge in [0, 0.05) is 0 Å². The van der Waals surface area contributed by atoms with Gasteiger partial charge in [-0.1, -0.05) is 6.92 Å². The van der Waals surface area contributed by atoms with Gasteiger partial charge in [-0.2, -0.15) is 0 Å². The summed E-state index contributed by atoms with van der Waals surface area (Å²) in [6, 6.07) is 1.56. The molecule has 0 aliphatic carbocycles. The van der Waals surface area contributed by atoms with E-state index in [0.717, 1.165) is 0 Å². The van der Waals surface area contributed by atoms with E-state index in [1.807, 2.05) is 0 Å². The highest BCUT2D eigenvalue weighted by Crippen LogP contribution is 2.03. The summed E-state index contributed by atoms with van der Waals surface area (Å²) in [6.07, 6.45) is 1.49. The Morgan fingerprint density at radius 3 is 2.86 bits per heavy atom. The monoisotopic (exact) mass is 115 g/mol. The van der Waals surface area contributed by atoms with Crippen molar-refractivity contribution in [3.8, 4) is 0 Å². The highest BCUT2D eigenvalue weighted by molar-refractivity contribution is 6.32. The summed E-state index contributed by atoms with van der Waals surface area (Å²) in [4.78, 5) is 0. The lowest BCUT2D eigenvalue weighted by atomic mass is 10.5. The average Bonchev–Trinajstić information content (AvgIpc) is 2.14. The maximum Gasteiger partial charge on any atom is 0.0950 e. The fraction of sp³-hybridized carbons (Fsp3) is 1.00. The Kier molecular flexibility index (Phi) is 1.88. The van der Waals surface area contributed by atoms with Gasteiger partial charge in [0.15, 0.2) is 0 Å². The van der Waals surface area contributed by atoms with E-state index in [-0.39, 0.29) is 0 Å². The van der Waals surface area contributed by atoms with E-state index in [1.54, 1.807) is 6.04 Å². The topological polar surface area (TPSA) is 3.24 Å². The van der Waals surface area contributed by atoms with Gasteiger partial charge in [-0.05, 0) is 25.6 Å². The van der Waals surface area contributed by atoms with Gasteiger partial charge in [0.1, 0.15) is 0 Å². The largest absolute Gasteiger partial charge is 0.329 e. The van der Waals surface area contributed by atoms with Crippen LogP contribution in [0, 0.1) is 0 Å². The fourth-order valence-electron chi connectivity index (χ4n) is 1.10. The minimum absolute atomic E-state index is 0.291. The zero-order chi connectivity index (χ0) is 5.11. The molecule has 1 saturated heterocycles. The quantitative estimate of drug-likeness (QED) is 0.442. The van der Waals surface area contributed by atoms with Crippen LogP contribution in [0.3, 0.4) is 0 Å². The van der Waals surface area contributed by atoms with Crippen molar-refractivity contribution in [1.82, 2.24) is 4.57 Å². The lowest BCUT2D eigenvalue weighted by Gasteiger charge is -2.08. The molecular weight excluding hydrogens is 102 g/mol. The second kappa shape index (κ2) is 2.48. The minimum atomic E-state index is 0.291. The molecule has 0 radical (unpaired) electrons. The van der Waals surface area contributed by atoms with E-state index < -0.39 is 0 Å². The number of rotatable bonds is 1. The maximum atomic E-state index is 2.62. The van der Waals surface area contributed by atoms with Crippen LogP contribution in [-0.4, -0.2) is 27.3 Å². The Hall–Kier alpha value is 0.177. The van der Waals surface area contributed by atoms with Gasteiger partial charge in [0.2, 0.25) is 0 Å². The maximum absolute atomic E-state index is 2.62. The van der Waals surface area contributed by atoms with Crippen molar-refractivity contribution in [2.45, 2.75) is 19.4 Å². The van der Waals surface area contributed by atoms with E-state index in [1.165, 1.54) is 19.5 Å². The molecule has 0 aromatic carbocycles. The summed E-state index contributed by atoms with van der Waals surface area (Å²) >= 11 is 0. The minimum Gasteiger partial charge on any atom is -0.329 e. The van der Waals surface area contributed by atoms with Crippen molar-refractivity contribution >= 4 is 9.68 Å². The van der Waals surface area contributed by atoms with Gasteiger partial charge in [-0.25, -0.2) is 0 Å². The third-order valence-electron chi connectivity index (χ3n) is 1.65. The van der Waals surface area contributed by atoms with Crippen LogP contribution in [0.1, 0.15) is 13.3 Å².